The Morgan fingerprint density at radius 2 is 2.00 bits per heavy atom. The summed E-state index contributed by atoms with van der Waals surface area (Å²) in [5.74, 6) is -0.426. The molecule has 0 saturated heterocycles. The number of carbonyl (C=O) groups is 1. The van der Waals surface area contributed by atoms with Crippen molar-refractivity contribution >= 4 is 40.1 Å². The van der Waals surface area contributed by atoms with Crippen LogP contribution < -0.4 is 5.32 Å². The van der Waals surface area contributed by atoms with Crippen LogP contribution in [0.3, 0.4) is 0 Å². The van der Waals surface area contributed by atoms with Gasteiger partial charge in [0.15, 0.2) is 0 Å². The van der Waals surface area contributed by atoms with Gasteiger partial charge in [-0.1, -0.05) is 29.8 Å². The second-order valence-electron chi connectivity index (χ2n) is 4.22. The lowest BCUT2D eigenvalue weighted by Crippen LogP contribution is -2.26. The fourth-order valence-electron chi connectivity index (χ4n) is 1.78. The molecular weight excluding hydrogens is 392 g/mol. The highest BCUT2D eigenvalue weighted by Crippen LogP contribution is 2.18. The second-order valence-corrected chi connectivity index (χ2v) is 5.82. The van der Waals surface area contributed by atoms with Gasteiger partial charge in [-0.25, -0.2) is 4.39 Å². The van der Waals surface area contributed by atoms with Crippen LogP contribution in [-0.2, 0) is 6.42 Å². The first kappa shape index (κ1) is 15.3. The van der Waals surface area contributed by atoms with E-state index in [0.717, 1.165) is 3.57 Å². The molecule has 2 nitrogen and oxygen atoms in total. The number of nitrogens with one attached hydrogen (secondary N) is 1. The Labute approximate surface area is 135 Å². The molecule has 104 valence electrons. The van der Waals surface area contributed by atoms with E-state index in [2.05, 4.69) is 27.9 Å². The molecule has 0 atom stereocenters. The molecule has 1 N–H and O–H groups in total. The molecule has 2 aromatic rings. The van der Waals surface area contributed by atoms with E-state index < -0.39 is 0 Å². The third-order valence-corrected chi connectivity index (χ3v) is 3.94. The van der Waals surface area contributed by atoms with Crippen molar-refractivity contribution in [3.05, 3.63) is 68.0 Å². The maximum atomic E-state index is 13.4. The van der Waals surface area contributed by atoms with Gasteiger partial charge >= 0.3 is 0 Å². The molecule has 0 bridgehead atoms. The van der Waals surface area contributed by atoms with E-state index in [1.54, 1.807) is 36.4 Å². The van der Waals surface area contributed by atoms with Gasteiger partial charge in [0, 0.05) is 15.1 Å². The minimum Gasteiger partial charge on any atom is -0.352 e. The normalized spacial score (nSPS) is 10.3. The lowest BCUT2D eigenvalue weighted by Gasteiger charge is -2.08. The third-order valence-electron chi connectivity index (χ3n) is 2.81. The average molecular weight is 404 g/mol. The highest BCUT2D eigenvalue weighted by Gasteiger charge is 2.10. The Hall–Kier alpha value is -1.14. The van der Waals surface area contributed by atoms with Crippen molar-refractivity contribution in [2.75, 3.05) is 6.54 Å². The van der Waals surface area contributed by atoms with Crippen molar-refractivity contribution < 1.29 is 9.18 Å². The molecule has 2 aromatic carbocycles. The van der Waals surface area contributed by atoms with Crippen LogP contribution in [0.1, 0.15) is 15.9 Å². The number of benzene rings is 2. The molecule has 5 heteroatoms. The summed E-state index contributed by atoms with van der Waals surface area (Å²) in [5.41, 5.74) is 1.17. The van der Waals surface area contributed by atoms with E-state index in [0.29, 0.717) is 29.1 Å². The van der Waals surface area contributed by atoms with Gasteiger partial charge in [-0.3, -0.25) is 4.79 Å². The first-order valence-corrected chi connectivity index (χ1v) is 7.50. The van der Waals surface area contributed by atoms with Crippen LogP contribution in [0.15, 0.2) is 42.5 Å². The summed E-state index contributed by atoms with van der Waals surface area (Å²) in [6.07, 6.45) is 0.461. The SMILES string of the molecule is O=C(NCCc1ccccc1F)c1ccc(Cl)cc1I. The molecule has 0 aromatic heterocycles. The predicted molar refractivity (Wildman–Crippen MR) is 86.6 cm³/mol. The number of carbonyl (C=O) groups excluding carboxylic acids is 1. The highest BCUT2D eigenvalue weighted by molar-refractivity contribution is 14.1. The predicted octanol–water partition coefficient (Wildman–Crippen LogP) is 4.06. The van der Waals surface area contributed by atoms with Crippen LogP contribution in [0, 0.1) is 9.39 Å². The average Bonchev–Trinajstić information content (AvgIpc) is 2.40. The number of amides is 1. The third kappa shape index (κ3) is 3.93. The van der Waals surface area contributed by atoms with Crippen LogP contribution in [0.4, 0.5) is 4.39 Å². The van der Waals surface area contributed by atoms with E-state index in [1.807, 2.05) is 0 Å². The van der Waals surface area contributed by atoms with Crippen LogP contribution in [0.5, 0.6) is 0 Å². The molecule has 0 unspecified atom stereocenters. The highest BCUT2D eigenvalue weighted by atomic mass is 127. The molecular formula is C15H12ClFINO. The van der Waals surface area contributed by atoms with Crippen molar-refractivity contribution in [1.29, 1.82) is 0 Å². The molecule has 0 fully saturated rings. The van der Waals surface area contributed by atoms with Gasteiger partial charge in [0.05, 0.1) is 5.56 Å². The molecule has 1 amide bonds. The summed E-state index contributed by atoms with van der Waals surface area (Å²) in [6.45, 7) is 0.387. The van der Waals surface area contributed by atoms with Gasteiger partial charge in [-0.05, 0) is 58.8 Å². The standard InChI is InChI=1S/C15H12ClFINO/c16-11-5-6-12(14(18)9-11)15(20)19-8-7-10-3-1-2-4-13(10)17/h1-6,9H,7-8H2,(H,19,20). The van der Waals surface area contributed by atoms with E-state index in [9.17, 15) is 9.18 Å². The second kappa shape index (κ2) is 7.04. The minimum absolute atomic E-state index is 0.178. The molecule has 20 heavy (non-hydrogen) atoms. The topological polar surface area (TPSA) is 29.1 Å². The largest absolute Gasteiger partial charge is 0.352 e. The van der Waals surface area contributed by atoms with Crippen molar-refractivity contribution in [2.45, 2.75) is 6.42 Å². The Bertz CT molecular complexity index is 633. The monoisotopic (exact) mass is 403 g/mol. The summed E-state index contributed by atoms with van der Waals surface area (Å²) in [4.78, 5) is 12.0. The van der Waals surface area contributed by atoms with Gasteiger partial charge in [0.25, 0.3) is 5.91 Å². The molecule has 0 heterocycles. The lowest BCUT2D eigenvalue weighted by atomic mass is 10.1. The fraction of sp³-hybridized carbons (Fsp3) is 0.133. The number of rotatable bonds is 4. The zero-order chi connectivity index (χ0) is 14.5. The molecule has 0 aliphatic rings. The van der Waals surface area contributed by atoms with Crippen LogP contribution >= 0.6 is 34.2 Å². The van der Waals surface area contributed by atoms with Gasteiger partial charge < -0.3 is 5.32 Å². The summed E-state index contributed by atoms with van der Waals surface area (Å²) in [5, 5.41) is 3.38. The first-order valence-electron chi connectivity index (χ1n) is 6.04. The molecule has 0 saturated carbocycles. The van der Waals surface area contributed by atoms with Crippen LogP contribution in [0.2, 0.25) is 5.02 Å². The van der Waals surface area contributed by atoms with Crippen molar-refractivity contribution in [1.82, 2.24) is 5.32 Å². The van der Waals surface area contributed by atoms with Gasteiger partial charge in [0.2, 0.25) is 0 Å². The Kier molecular flexibility index (Phi) is 5.37. The quantitative estimate of drug-likeness (QED) is 0.767. The summed E-state index contributed by atoms with van der Waals surface area (Å²) < 4.78 is 14.2. The molecule has 0 radical (unpaired) electrons. The Morgan fingerprint density at radius 1 is 1.25 bits per heavy atom. The summed E-state index contributed by atoms with van der Waals surface area (Å²) >= 11 is 7.91. The van der Waals surface area contributed by atoms with E-state index in [-0.39, 0.29) is 11.7 Å². The molecule has 0 aliphatic carbocycles. The lowest BCUT2D eigenvalue weighted by molar-refractivity contribution is 0.0953. The molecule has 0 spiro atoms. The van der Waals surface area contributed by atoms with Crippen molar-refractivity contribution in [3.63, 3.8) is 0 Å². The maximum absolute atomic E-state index is 13.4. The molecule has 0 aliphatic heterocycles. The number of hydrogen-bond acceptors (Lipinski definition) is 1. The van der Waals surface area contributed by atoms with Gasteiger partial charge in [-0.15, -0.1) is 0 Å². The Morgan fingerprint density at radius 3 is 2.70 bits per heavy atom. The zero-order valence-corrected chi connectivity index (χ0v) is 13.4. The smallest absolute Gasteiger partial charge is 0.252 e. The van der Waals surface area contributed by atoms with Crippen molar-refractivity contribution in [3.8, 4) is 0 Å². The number of hydrogen-bond donors (Lipinski definition) is 1. The summed E-state index contributed by atoms with van der Waals surface area (Å²) in [6, 6.07) is 11.6. The molecule has 2 rings (SSSR count). The fourth-order valence-corrected chi connectivity index (χ4v) is 2.90. The zero-order valence-electron chi connectivity index (χ0n) is 10.5. The van der Waals surface area contributed by atoms with Crippen LogP contribution in [-0.4, -0.2) is 12.5 Å². The van der Waals surface area contributed by atoms with E-state index >= 15 is 0 Å². The minimum atomic E-state index is -0.247. The van der Waals surface area contributed by atoms with Crippen LogP contribution in [0.25, 0.3) is 0 Å². The summed E-state index contributed by atoms with van der Waals surface area (Å²) in [7, 11) is 0. The first-order chi connectivity index (χ1) is 9.58. The van der Waals surface area contributed by atoms with E-state index in [1.165, 1.54) is 6.07 Å². The van der Waals surface area contributed by atoms with E-state index in [4.69, 9.17) is 11.6 Å². The Balaban J connectivity index is 1.94. The number of halogens is 3. The maximum Gasteiger partial charge on any atom is 0.252 e. The van der Waals surface area contributed by atoms with Crippen molar-refractivity contribution in [2.24, 2.45) is 0 Å². The van der Waals surface area contributed by atoms with Gasteiger partial charge in [0.1, 0.15) is 5.82 Å². The van der Waals surface area contributed by atoms with Gasteiger partial charge in [-0.2, -0.15) is 0 Å².